The van der Waals surface area contributed by atoms with Gasteiger partial charge in [0.25, 0.3) is 0 Å². The van der Waals surface area contributed by atoms with E-state index in [4.69, 9.17) is 0 Å². The second-order valence-electron chi connectivity index (χ2n) is 3.75. The van der Waals surface area contributed by atoms with Crippen LogP contribution in [0.3, 0.4) is 0 Å². The average Bonchev–Trinajstić information content (AvgIpc) is 2.82. The zero-order valence-corrected chi connectivity index (χ0v) is 13.0. The second-order valence-corrected chi connectivity index (χ2v) is 5.61. The van der Waals surface area contributed by atoms with E-state index in [0.717, 1.165) is 9.35 Å². The van der Waals surface area contributed by atoms with Crippen molar-refractivity contribution in [1.82, 2.24) is 9.97 Å². The Hall–Kier alpha value is -1.74. The molecule has 0 bridgehead atoms. The van der Waals surface area contributed by atoms with Crippen molar-refractivity contribution in [2.24, 2.45) is 0 Å². The van der Waals surface area contributed by atoms with Gasteiger partial charge in [-0.1, -0.05) is 0 Å². The summed E-state index contributed by atoms with van der Waals surface area (Å²) < 4.78 is 0.971. The maximum Gasteiger partial charge on any atom is 0.353 e. The molecule has 2 heterocycles. The van der Waals surface area contributed by atoms with E-state index in [0.29, 0.717) is 13.1 Å². The highest BCUT2D eigenvalue weighted by Crippen LogP contribution is 2.30. The Kier molecular flexibility index (Phi) is 4.85. The van der Waals surface area contributed by atoms with Gasteiger partial charge in [-0.25, -0.2) is 9.97 Å². The van der Waals surface area contributed by atoms with E-state index < -0.39 is 4.92 Å². The molecule has 0 aromatic carbocycles. The van der Waals surface area contributed by atoms with Crippen LogP contribution < -0.4 is 10.6 Å². The van der Waals surface area contributed by atoms with Crippen molar-refractivity contribution in [3.05, 3.63) is 37.2 Å². The fourth-order valence-corrected chi connectivity index (χ4v) is 3.03. The fourth-order valence-electron chi connectivity index (χ4n) is 1.59. The summed E-state index contributed by atoms with van der Waals surface area (Å²) in [6.07, 6.45) is 1.30. The number of nitrogens with zero attached hydrogens (tertiary/aromatic N) is 3. The third kappa shape index (κ3) is 3.23. The largest absolute Gasteiger partial charge is 0.364 e. The average molecular weight is 358 g/mol. The van der Waals surface area contributed by atoms with Crippen LogP contribution in [0.5, 0.6) is 0 Å². The van der Waals surface area contributed by atoms with Crippen molar-refractivity contribution in [2.45, 2.75) is 13.5 Å². The number of rotatable bonds is 6. The lowest BCUT2D eigenvalue weighted by Crippen LogP contribution is -2.09. The van der Waals surface area contributed by atoms with Gasteiger partial charge in [0.1, 0.15) is 6.33 Å². The number of nitrogens with one attached hydrogen (secondary N) is 2. The van der Waals surface area contributed by atoms with Crippen LogP contribution >= 0.6 is 27.3 Å². The molecule has 20 heavy (non-hydrogen) atoms. The zero-order chi connectivity index (χ0) is 14.5. The first-order valence-corrected chi connectivity index (χ1v) is 7.49. The van der Waals surface area contributed by atoms with Gasteiger partial charge in [-0.15, -0.1) is 11.3 Å². The Morgan fingerprint density at radius 3 is 2.65 bits per heavy atom. The summed E-state index contributed by atoms with van der Waals surface area (Å²) in [6, 6.07) is 1.93. The standard InChI is InChI=1S/C11H12BrN5O2S/c1-2-13-10-9(17(18)19)11(16-6-15-10)14-5-8-7(12)3-4-20-8/h3-4,6H,2,5H2,1H3,(H2,13,14,15,16). The van der Waals surface area contributed by atoms with E-state index in [1.54, 1.807) is 11.3 Å². The van der Waals surface area contributed by atoms with Crippen LogP contribution in [-0.2, 0) is 6.54 Å². The highest BCUT2D eigenvalue weighted by Gasteiger charge is 2.22. The molecule has 0 spiro atoms. The van der Waals surface area contributed by atoms with Crippen molar-refractivity contribution in [2.75, 3.05) is 17.2 Å². The van der Waals surface area contributed by atoms with Crippen LogP contribution in [0.25, 0.3) is 0 Å². The van der Waals surface area contributed by atoms with Crippen molar-refractivity contribution >= 4 is 44.6 Å². The molecule has 2 rings (SSSR count). The smallest absolute Gasteiger partial charge is 0.353 e. The Labute approximate surface area is 127 Å². The third-order valence-electron chi connectivity index (χ3n) is 2.46. The summed E-state index contributed by atoms with van der Waals surface area (Å²) in [5.74, 6) is 0.432. The molecule has 2 aromatic heterocycles. The number of nitro groups is 1. The zero-order valence-electron chi connectivity index (χ0n) is 10.6. The number of hydrogen-bond acceptors (Lipinski definition) is 7. The number of thiophene rings is 1. The molecule has 0 unspecified atom stereocenters. The molecule has 0 atom stereocenters. The lowest BCUT2D eigenvalue weighted by molar-refractivity contribution is -0.383. The first kappa shape index (κ1) is 14.7. The van der Waals surface area contributed by atoms with Crippen molar-refractivity contribution in [3.8, 4) is 0 Å². The van der Waals surface area contributed by atoms with Crippen molar-refractivity contribution in [1.29, 1.82) is 0 Å². The highest BCUT2D eigenvalue weighted by atomic mass is 79.9. The van der Waals surface area contributed by atoms with Crippen molar-refractivity contribution in [3.63, 3.8) is 0 Å². The van der Waals surface area contributed by atoms with Gasteiger partial charge in [0.15, 0.2) is 0 Å². The van der Waals surface area contributed by atoms with Crippen molar-refractivity contribution < 1.29 is 4.92 Å². The molecule has 0 aliphatic heterocycles. The Balaban J connectivity index is 2.24. The molecule has 0 saturated carbocycles. The number of halogens is 1. The monoisotopic (exact) mass is 357 g/mol. The number of aromatic nitrogens is 2. The molecule has 106 valence electrons. The summed E-state index contributed by atoms with van der Waals surface area (Å²) in [5.41, 5.74) is -0.137. The van der Waals surface area contributed by atoms with Crippen LogP contribution in [-0.4, -0.2) is 21.4 Å². The van der Waals surface area contributed by atoms with E-state index in [-0.39, 0.29) is 17.3 Å². The Morgan fingerprint density at radius 1 is 1.40 bits per heavy atom. The molecule has 9 heteroatoms. The molecule has 2 N–H and O–H groups in total. The molecule has 0 amide bonds. The number of anilines is 2. The minimum Gasteiger partial charge on any atom is -0.364 e. The van der Waals surface area contributed by atoms with Gasteiger partial charge in [-0.2, -0.15) is 0 Å². The van der Waals surface area contributed by atoms with E-state index >= 15 is 0 Å². The van der Waals surface area contributed by atoms with Gasteiger partial charge in [0, 0.05) is 15.9 Å². The van der Waals surface area contributed by atoms with E-state index in [2.05, 4.69) is 36.5 Å². The molecule has 0 aliphatic carbocycles. The van der Waals surface area contributed by atoms with E-state index in [1.807, 2.05) is 18.4 Å². The van der Waals surface area contributed by atoms with Gasteiger partial charge in [0.2, 0.25) is 11.6 Å². The maximum atomic E-state index is 11.2. The minimum atomic E-state index is -0.482. The molecular formula is C11H12BrN5O2S. The topological polar surface area (TPSA) is 93.0 Å². The molecule has 0 saturated heterocycles. The molecule has 2 aromatic rings. The molecule has 7 nitrogen and oxygen atoms in total. The van der Waals surface area contributed by atoms with Gasteiger partial charge >= 0.3 is 5.69 Å². The van der Waals surface area contributed by atoms with E-state index in [9.17, 15) is 10.1 Å². The lowest BCUT2D eigenvalue weighted by atomic mass is 10.4. The SMILES string of the molecule is CCNc1ncnc(NCc2sccc2Br)c1[N+](=O)[O-]. The summed E-state index contributed by atoms with van der Waals surface area (Å²) >= 11 is 4.98. The summed E-state index contributed by atoms with van der Waals surface area (Å²) in [6.45, 7) is 2.86. The van der Waals surface area contributed by atoms with Gasteiger partial charge < -0.3 is 10.6 Å². The lowest BCUT2D eigenvalue weighted by Gasteiger charge is -2.08. The minimum absolute atomic E-state index is 0.137. The van der Waals surface area contributed by atoms with Gasteiger partial charge in [0.05, 0.1) is 11.5 Å². The predicted molar refractivity (Wildman–Crippen MR) is 82.2 cm³/mol. The van der Waals surface area contributed by atoms with Crippen LogP contribution in [0.1, 0.15) is 11.8 Å². The summed E-state index contributed by atoms with van der Waals surface area (Å²) in [5, 5.41) is 19.0. The first-order chi connectivity index (χ1) is 9.63. The van der Waals surface area contributed by atoms with Crippen LogP contribution in [0.2, 0.25) is 0 Å². The summed E-state index contributed by atoms with van der Waals surface area (Å²) in [7, 11) is 0. The van der Waals surface area contributed by atoms with Crippen LogP contribution in [0, 0.1) is 10.1 Å². The van der Waals surface area contributed by atoms with Crippen LogP contribution in [0.15, 0.2) is 22.2 Å². The van der Waals surface area contributed by atoms with Gasteiger partial charge in [-0.05, 0) is 34.3 Å². The molecule has 0 radical (unpaired) electrons. The normalized spacial score (nSPS) is 10.3. The quantitative estimate of drug-likeness (QED) is 0.608. The second kappa shape index (κ2) is 6.62. The predicted octanol–water partition coefficient (Wildman–Crippen LogP) is 3.25. The van der Waals surface area contributed by atoms with Crippen LogP contribution in [0.4, 0.5) is 17.3 Å². The first-order valence-electron chi connectivity index (χ1n) is 5.82. The van der Waals surface area contributed by atoms with E-state index in [1.165, 1.54) is 6.33 Å². The fraction of sp³-hybridized carbons (Fsp3) is 0.273. The maximum absolute atomic E-state index is 11.2. The molecule has 0 fully saturated rings. The summed E-state index contributed by atoms with van der Waals surface area (Å²) in [4.78, 5) is 19.6. The third-order valence-corrected chi connectivity index (χ3v) is 4.38. The highest BCUT2D eigenvalue weighted by molar-refractivity contribution is 9.10. The Morgan fingerprint density at radius 2 is 2.10 bits per heavy atom. The molecular weight excluding hydrogens is 346 g/mol. The molecule has 0 aliphatic rings. The van der Waals surface area contributed by atoms with Gasteiger partial charge in [-0.3, -0.25) is 10.1 Å². The number of hydrogen-bond donors (Lipinski definition) is 2. The Bertz CT molecular complexity index is 619.